The van der Waals surface area contributed by atoms with E-state index in [1.807, 2.05) is 38.1 Å². The lowest BCUT2D eigenvalue weighted by molar-refractivity contribution is 0.0683. The summed E-state index contributed by atoms with van der Waals surface area (Å²) in [6.07, 6.45) is 2.46. The van der Waals surface area contributed by atoms with Gasteiger partial charge in [0.25, 0.3) is 0 Å². The SMILES string of the molecule is CC1(C)C[C@@H](NC(=O)Nc2cccc3c2C[C@@H](O)CC3)c2ccc(Cl)cc2O1. The number of rotatable bonds is 2. The lowest BCUT2D eigenvalue weighted by Gasteiger charge is -2.38. The van der Waals surface area contributed by atoms with E-state index in [1.165, 1.54) is 5.56 Å². The summed E-state index contributed by atoms with van der Waals surface area (Å²) in [5.74, 6) is 0.703. The van der Waals surface area contributed by atoms with Crippen LogP contribution in [0.25, 0.3) is 0 Å². The third kappa shape index (κ3) is 3.96. The van der Waals surface area contributed by atoms with Crippen LogP contribution in [0.4, 0.5) is 10.5 Å². The number of hydrogen-bond acceptors (Lipinski definition) is 3. The highest BCUT2D eigenvalue weighted by molar-refractivity contribution is 6.30. The van der Waals surface area contributed by atoms with Gasteiger partial charge < -0.3 is 20.5 Å². The van der Waals surface area contributed by atoms with Crippen molar-refractivity contribution in [3.8, 4) is 5.75 Å². The lowest BCUT2D eigenvalue weighted by Crippen LogP contribution is -2.42. The summed E-state index contributed by atoms with van der Waals surface area (Å²) in [6, 6.07) is 10.9. The van der Waals surface area contributed by atoms with E-state index in [4.69, 9.17) is 16.3 Å². The smallest absolute Gasteiger partial charge is 0.319 e. The minimum atomic E-state index is -0.411. The molecule has 148 valence electrons. The predicted octanol–water partition coefficient (Wildman–Crippen LogP) is 4.61. The number of aliphatic hydroxyl groups excluding tert-OH is 1. The number of benzene rings is 2. The molecule has 0 radical (unpaired) electrons. The molecule has 0 unspecified atom stereocenters. The molecular formula is C22H25ClN2O3. The average Bonchev–Trinajstić information content (AvgIpc) is 2.60. The van der Waals surface area contributed by atoms with E-state index in [0.29, 0.717) is 23.6 Å². The highest BCUT2D eigenvalue weighted by Gasteiger charge is 2.34. The number of hydrogen-bond donors (Lipinski definition) is 3. The van der Waals surface area contributed by atoms with Crippen LogP contribution in [0.15, 0.2) is 36.4 Å². The third-order valence-electron chi connectivity index (χ3n) is 5.45. The first-order chi connectivity index (χ1) is 13.3. The Hall–Kier alpha value is -2.24. The number of urea groups is 1. The molecule has 0 saturated heterocycles. The van der Waals surface area contributed by atoms with Gasteiger partial charge in [0.2, 0.25) is 0 Å². The van der Waals surface area contributed by atoms with Gasteiger partial charge >= 0.3 is 6.03 Å². The maximum Gasteiger partial charge on any atom is 0.319 e. The first-order valence-corrected chi connectivity index (χ1v) is 10.0. The zero-order valence-electron chi connectivity index (χ0n) is 16.1. The van der Waals surface area contributed by atoms with Gasteiger partial charge in [-0.1, -0.05) is 29.8 Å². The summed E-state index contributed by atoms with van der Waals surface area (Å²) in [5, 5.41) is 16.7. The van der Waals surface area contributed by atoms with Crippen molar-refractivity contribution >= 4 is 23.3 Å². The van der Waals surface area contributed by atoms with Gasteiger partial charge in [-0.05, 0) is 56.0 Å². The van der Waals surface area contributed by atoms with Crippen molar-refractivity contribution in [3.63, 3.8) is 0 Å². The van der Waals surface area contributed by atoms with Crippen molar-refractivity contribution < 1.29 is 14.6 Å². The number of halogens is 1. The molecule has 28 heavy (non-hydrogen) atoms. The average molecular weight is 401 g/mol. The molecule has 0 aromatic heterocycles. The number of aliphatic hydroxyl groups is 1. The Morgan fingerprint density at radius 1 is 1.29 bits per heavy atom. The molecule has 0 bridgehead atoms. The van der Waals surface area contributed by atoms with Crippen molar-refractivity contribution in [3.05, 3.63) is 58.1 Å². The largest absolute Gasteiger partial charge is 0.487 e. The van der Waals surface area contributed by atoms with E-state index >= 15 is 0 Å². The van der Waals surface area contributed by atoms with Crippen LogP contribution >= 0.6 is 11.6 Å². The summed E-state index contributed by atoms with van der Waals surface area (Å²) in [4.78, 5) is 12.8. The molecule has 6 heteroatoms. The molecule has 0 saturated carbocycles. The van der Waals surface area contributed by atoms with Crippen LogP contribution in [0, 0.1) is 0 Å². The fraction of sp³-hybridized carbons (Fsp3) is 0.409. The van der Waals surface area contributed by atoms with E-state index in [2.05, 4.69) is 16.7 Å². The summed E-state index contributed by atoms with van der Waals surface area (Å²) in [6.45, 7) is 4.00. The van der Waals surface area contributed by atoms with Gasteiger partial charge in [-0.2, -0.15) is 0 Å². The van der Waals surface area contributed by atoms with E-state index in [1.54, 1.807) is 6.07 Å². The molecule has 4 rings (SSSR count). The Morgan fingerprint density at radius 3 is 2.93 bits per heavy atom. The molecule has 2 aromatic rings. The van der Waals surface area contributed by atoms with Crippen LogP contribution in [-0.2, 0) is 12.8 Å². The highest BCUT2D eigenvalue weighted by Crippen LogP contribution is 2.40. The minimum Gasteiger partial charge on any atom is -0.487 e. The van der Waals surface area contributed by atoms with Crippen molar-refractivity contribution in [2.45, 2.75) is 57.3 Å². The van der Waals surface area contributed by atoms with Crippen molar-refractivity contribution in [1.82, 2.24) is 5.32 Å². The van der Waals surface area contributed by atoms with Gasteiger partial charge in [-0.3, -0.25) is 0 Å². The Balaban J connectivity index is 1.54. The first-order valence-electron chi connectivity index (χ1n) is 9.65. The summed E-state index contributed by atoms with van der Waals surface area (Å²) >= 11 is 6.11. The highest BCUT2D eigenvalue weighted by atomic mass is 35.5. The molecule has 5 nitrogen and oxygen atoms in total. The predicted molar refractivity (Wildman–Crippen MR) is 110 cm³/mol. The summed E-state index contributed by atoms with van der Waals surface area (Å²) in [5.41, 5.74) is 3.48. The summed E-state index contributed by atoms with van der Waals surface area (Å²) < 4.78 is 6.03. The van der Waals surface area contributed by atoms with Crippen molar-refractivity contribution in [2.24, 2.45) is 0 Å². The van der Waals surface area contributed by atoms with E-state index < -0.39 is 5.60 Å². The monoisotopic (exact) mass is 400 g/mol. The fourth-order valence-corrected chi connectivity index (χ4v) is 4.32. The summed E-state index contributed by atoms with van der Waals surface area (Å²) in [7, 11) is 0. The van der Waals surface area contributed by atoms with Crippen LogP contribution in [-0.4, -0.2) is 22.8 Å². The number of nitrogens with one attached hydrogen (secondary N) is 2. The topological polar surface area (TPSA) is 70.6 Å². The second kappa shape index (κ2) is 7.30. The maximum atomic E-state index is 12.8. The molecule has 3 N–H and O–H groups in total. The lowest BCUT2D eigenvalue weighted by atomic mass is 9.88. The normalized spacial score (nSPS) is 22.4. The van der Waals surface area contributed by atoms with Crippen molar-refractivity contribution in [2.75, 3.05) is 5.32 Å². The Kier molecular flexibility index (Phi) is 4.98. The zero-order chi connectivity index (χ0) is 19.9. The van der Waals surface area contributed by atoms with E-state index in [9.17, 15) is 9.90 Å². The van der Waals surface area contributed by atoms with Gasteiger partial charge in [0.1, 0.15) is 11.4 Å². The second-order valence-corrected chi connectivity index (χ2v) is 8.68. The van der Waals surface area contributed by atoms with E-state index in [-0.39, 0.29) is 18.2 Å². The van der Waals surface area contributed by atoms with Gasteiger partial charge in [-0.15, -0.1) is 0 Å². The molecule has 1 aliphatic heterocycles. The number of carbonyl (C=O) groups excluding carboxylic acids is 1. The van der Waals surface area contributed by atoms with Gasteiger partial charge in [-0.25, -0.2) is 4.79 Å². The van der Waals surface area contributed by atoms with Gasteiger partial charge in [0.05, 0.1) is 12.1 Å². The molecule has 1 aliphatic carbocycles. The van der Waals surface area contributed by atoms with Crippen LogP contribution in [0.1, 0.15) is 49.4 Å². The Bertz CT molecular complexity index is 913. The number of anilines is 1. The molecule has 1 heterocycles. The minimum absolute atomic E-state index is 0.179. The number of ether oxygens (including phenoxy) is 1. The van der Waals surface area contributed by atoms with Crippen LogP contribution in [0.3, 0.4) is 0 Å². The maximum absolute atomic E-state index is 12.8. The van der Waals surface area contributed by atoms with Crippen molar-refractivity contribution in [1.29, 1.82) is 0 Å². The zero-order valence-corrected chi connectivity index (χ0v) is 16.8. The van der Waals surface area contributed by atoms with E-state index in [0.717, 1.165) is 29.7 Å². The molecule has 0 fully saturated rings. The number of carbonyl (C=O) groups is 1. The van der Waals surface area contributed by atoms with Gasteiger partial charge in [0, 0.05) is 29.1 Å². The quantitative estimate of drug-likeness (QED) is 0.689. The number of amides is 2. The molecule has 2 amide bonds. The second-order valence-electron chi connectivity index (χ2n) is 8.24. The molecule has 0 spiro atoms. The first kappa shape index (κ1) is 19.1. The number of fused-ring (bicyclic) bond motifs is 2. The molecular weight excluding hydrogens is 376 g/mol. The van der Waals surface area contributed by atoms with Crippen LogP contribution in [0.2, 0.25) is 5.02 Å². The Labute approximate surface area is 170 Å². The Morgan fingerprint density at radius 2 is 2.11 bits per heavy atom. The van der Waals surface area contributed by atoms with Crippen LogP contribution < -0.4 is 15.4 Å². The number of aryl methyl sites for hydroxylation is 1. The standard InChI is InChI=1S/C22H25ClN2O3/c1-22(2)12-19(16-9-7-14(23)10-20(16)28-22)25-21(27)24-18-5-3-4-13-6-8-15(26)11-17(13)18/h3-5,7,9-10,15,19,26H,6,8,11-12H2,1-2H3,(H2,24,25,27)/t15-,19+/m0/s1. The molecule has 2 aliphatic rings. The fourth-order valence-electron chi connectivity index (χ4n) is 4.16. The van der Waals surface area contributed by atoms with Crippen LogP contribution in [0.5, 0.6) is 5.75 Å². The van der Waals surface area contributed by atoms with Gasteiger partial charge in [0.15, 0.2) is 0 Å². The third-order valence-corrected chi connectivity index (χ3v) is 5.68. The molecule has 2 aromatic carbocycles. The molecule has 2 atom stereocenters.